The summed E-state index contributed by atoms with van der Waals surface area (Å²) < 4.78 is 19.7. The maximum Gasteiger partial charge on any atom is 0.266 e. The minimum Gasteiger partial charge on any atom is -0.489 e. The van der Waals surface area contributed by atoms with Crippen LogP contribution in [0.3, 0.4) is 0 Å². The Kier molecular flexibility index (Phi) is 5.95. The first kappa shape index (κ1) is 19.9. The van der Waals surface area contributed by atoms with Crippen LogP contribution in [0, 0.1) is 5.82 Å². The molecule has 0 unspecified atom stereocenters. The van der Waals surface area contributed by atoms with Gasteiger partial charge in [0.25, 0.3) is 5.91 Å². The maximum atomic E-state index is 13.9. The van der Waals surface area contributed by atoms with Crippen LogP contribution >= 0.6 is 11.8 Å². The Bertz CT molecular complexity index is 1110. The predicted octanol–water partition coefficient (Wildman–Crippen LogP) is 5.64. The highest BCUT2D eigenvalue weighted by Crippen LogP contribution is 2.33. The molecule has 1 aliphatic rings. The van der Waals surface area contributed by atoms with Gasteiger partial charge < -0.3 is 4.74 Å². The van der Waals surface area contributed by atoms with Gasteiger partial charge in [0.05, 0.1) is 4.91 Å². The topological polar surface area (TPSA) is 41.9 Å². The first-order chi connectivity index (χ1) is 14.6. The van der Waals surface area contributed by atoms with Crippen molar-refractivity contribution >= 4 is 34.6 Å². The zero-order valence-electron chi connectivity index (χ0n) is 16.3. The molecule has 0 aliphatic carbocycles. The van der Waals surface area contributed by atoms with Crippen LogP contribution in [-0.4, -0.2) is 23.0 Å². The Balaban J connectivity index is 1.46. The molecule has 1 amide bonds. The number of nitrogens with zero attached hydrogens (tertiary/aromatic N) is 2. The van der Waals surface area contributed by atoms with Crippen molar-refractivity contribution in [2.75, 3.05) is 7.05 Å². The van der Waals surface area contributed by atoms with Crippen molar-refractivity contribution in [1.29, 1.82) is 0 Å². The molecule has 30 heavy (non-hydrogen) atoms. The molecular weight excluding hydrogens is 399 g/mol. The first-order valence-electron chi connectivity index (χ1n) is 9.38. The average Bonchev–Trinajstić information content (AvgIpc) is 3.03. The summed E-state index contributed by atoms with van der Waals surface area (Å²) in [6.07, 6.45) is 1.80. The largest absolute Gasteiger partial charge is 0.489 e. The summed E-state index contributed by atoms with van der Waals surface area (Å²) in [5, 5.41) is 0.444. The molecule has 150 valence electrons. The van der Waals surface area contributed by atoms with Crippen molar-refractivity contribution < 1.29 is 13.9 Å². The average molecular weight is 418 g/mol. The third kappa shape index (κ3) is 4.60. The maximum absolute atomic E-state index is 13.9. The van der Waals surface area contributed by atoms with E-state index in [1.807, 2.05) is 54.6 Å². The normalized spacial score (nSPS) is 16.5. The van der Waals surface area contributed by atoms with E-state index < -0.39 is 5.82 Å². The van der Waals surface area contributed by atoms with E-state index in [0.29, 0.717) is 16.7 Å². The molecule has 4 nitrogen and oxygen atoms in total. The Morgan fingerprint density at radius 3 is 2.43 bits per heavy atom. The number of ether oxygens (including phenoxy) is 1. The highest BCUT2D eigenvalue weighted by molar-refractivity contribution is 8.18. The first-order valence-corrected chi connectivity index (χ1v) is 10.2. The van der Waals surface area contributed by atoms with Gasteiger partial charge in [-0.05, 0) is 53.2 Å². The second-order valence-electron chi connectivity index (χ2n) is 6.66. The summed E-state index contributed by atoms with van der Waals surface area (Å²) in [6, 6.07) is 23.7. The van der Waals surface area contributed by atoms with E-state index in [9.17, 15) is 9.18 Å². The molecule has 0 saturated carbocycles. The number of amides is 1. The molecule has 1 heterocycles. The van der Waals surface area contributed by atoms with Crippen molar-refractivity contribution in [2.45, 2.75) is 6.61 Å². The number of aliphatic imine (C=N–C) groups is 1. The number of hydrogen-bond donors (Lipinski definition) is 0. The van der Waals surface area contributed by atoms with E-state index in [4.69, 9.17) is 4.74 Å². The number of likely N-dealkylation sites (N-methyl/N-ethyl adjacent to an activating group) is 1. The molecule has 4 rings (SSSR count). The van der Waals surface area contributed by atoms with Gasteiger partial charge in [0.15, 0.2) is 5.17 Å². The predicted molar refractivity (Wildman–Crippen MR) is 119 cm³/mol. The number of rotatable bonds is 5. The van der Waals surface area contributed by atoms with Crippen LogP contribution in [0.25, 0.3) is 6.08 Å². The van der Waals surface area contributed by atoms with Crippen LogP contribution in [0.5, 0.6) is 5.75 Å². The van der Waals surface area contributed by atoms with Crippen LogP contribution in [0.1, 0.15) is 11.1 Å². The van der Waals surface area contributed by atoms with Gasteiger partial charge in [-0.25, -0.2) is 9.38 Å². The highest BCUT2D eigenvalue weighted by Gasteiger charge is 2.30. The third-order valence-corrected chi connectivity index (χ3v) is 5.56. The molecule has 1 aliphatic heterocycles. The number of carbonyl (C=O) groups excluding carboxylic acids is 1. The van der Waals surface area contributed by atoms with Gasteiger partial charge in [0, 0.05) is 7.05 Å². The zero-order chi connectivity index (χ0) is 20.9. The molecule has 1 fully saturated rings. The summed E-state index contributed by atoms with van der Waals surface area (Å²) >= 11 is 1.23. The zero-order valence-corrected chi connectivity index (χ0v) is 17.1. The number of halogens is 1. The Hall–Kier alpha value is -3.38. The smallest absolute Gasteiger partial charge is 0.266 e. The van der Waals surface area contributed by atoms with E-state index in [1.54, 1.807) is 31.3 Å². The highest BCUT2D eigenvalue weighted by atomic mass is 32.2. The summed E-state index contributed by atoms with van der Waals surface area (Å²) in [4.78, 5) is 18.8. The van der Waals surface area contributed by atoms with Crippen LogP contribution < -0.4 is 4.74 Å². The van der Waals surface area contributed by atoms with E-state index in [1.165, 1.54) is 22.7 Å². The van der Waals surface area contributed by atoms with Crippen molar-refractivity contribution in [2.24, 2.45) is 4.99 Å². The lowest BCUT2D eigenvalue weighted by atomic mass is 10.2. The number of thioether (sulfide) groups is 1. The molecule has 0 spiro atoms. The molecule has 0 aromatic heterocycles. The Morgan fingerprint density at radius 2 is 1.70 bits per heavy atom. The molecule has 3 aromatic rings. The standard InChI is InChI=1S/C24H19FN2O2S/c1-27-23(28)22(30-24(27)26-21-10-6-5-9-20(21)25)15-17-11-13-19(14-12-17)29-16-18-7-3-2-4-8-18/h2-15H,16H2,1H3/b22-15+,26-24?. The summed E-state index contributed by atoms with van der Waals surface area (Å²) in [6.45, 7) is 0.496. The fraction of sp³-hybridized carbons (Fsp3) is 0.0833. The van der Waals surface area contributed by atoms with Crippen LogP contribution in [0.4, 0.5) is 10.1 Å². The van der Waals surface area contributed by atoms with Gasteiger partial charge in [-0.2, -0.15) is 0 Å². The van der Waals surface area contributed by atoms with Gasteiger partial charge in [-0.15, -0.1) is 0 Å². The van der Waals surface area contributed by atoms with E-state index in [2.05, 4.69) is 4.99 Å². The van der Waals surface area contributed by atoms with E-state index in [0.717, 1.165) is 16.9 Å². The van der Waals surface area contributed by atoms with E-state index in [-0.39, 0.29) is 11.6 Å². The molecule has 0 radical (unpaired) electrons. The summed E-state index contributed by atoms with van der Waals surface area (Å²) in [7, 11) is 1.64. The molecule has 1 saturated heterocycles. The molecule has 0 N–H and O–H groups in total. The minimum absolute atomic E-state index is 0.167. The third-order valence-electron chi connectivity index (χ3n) is 4.50. The van der Waals surface area contributed by atoms with Gasteiger partial charge in [0.2, 0.25) is 0 Å². The Morgan fingerprint density at radius 1 is 1.00 bits per heavy atom. The van der Waals surface area contributed by atoms with E-state index >= 15 is 0 Å². The lowest BCUT2D eigenvalue weighted by molar-refractivity contribution is -0.121. The number of hydrogen-bond acceptors (Lipinski definition) is 4. The van der Waals surface area contributed by atoms with Gasteiger partial charge in [-0.3, -0.25) is 9.69 Å². The lowest BCUT2D eigenvalue weighted by Crippen LogP contribution is -2.23. The summed E-state index contributed by atoms with van der Waals surface area (Å²) in [5.41, 5.74) is 2.18. The molecular formula is C24H19FN2O2S. The van der Waals surface area contributed by atoms with Gasteiger partial charge >= 0.3 is 0 Å². The lowest BCUT2D eigenvalue weighted by Gasteiger charge is -2.07. The van der Waals surface area contributed by atoms with Crippen molar-refractivity contribution in [3.8, 4) is 5.75 Å². The molecule has 0 atom stereocenters. The quantitative estimate of drug-likeness (QED) is 0.504. The Labute approximate surface area is 178 Å². The van der Waals surface area contributed by atoms with Crippen molar-refractivity contribution in [1.82, 2.24) is 4.90 Å². The number of carbonyl (C=O) groups is 1. The van der Waals surface area contributed by atoms with Gasteiger partial charge in [-0.1, -0.05) is 54.6 Å². The second-order valence-corrected chi connectivity index (χ2v) is 7.67. The van der Waals surface area contributed by atoms with Crippen molar-refractivity contribution in [3.63, 3.8) is 0 Å². The molecule has 0 bridgehead atoms. The molecule has 3 aromatic carbocycles. The fourth-order valence-electron chi connectivity index (χ4n) is 2.85. The fourth-order valence-corrected chi connectivity index (χ4v) is 3.83. The molecule has 6 heteroatoms. The second kappa shape index (κ2) is 8.97. The number of amidine groups is 1. The summed E-state index contributed by atoms with van der Waals surface area (Å²) in [5.74, 6) is 0.166. The van der Waals surface area contributed by atoms with Crippen LogP contribution in [0.2, 0.25) is 0 Å². The van der Waals surface area contributed by atoms with Gasteiger partial charge in [0.1, 0.15) is 23.9 Å². The minimum atomic E-state index is -0.421. The SMILES string of the molecule is CN1C(=O)/C(=C\c2ccc(OCc3ccccc3)cc2)SC1=Nc1ccccc1F. The van der Waals surface area contributed by atoms with Crippen LogP contribution in [-0.2, 0) is 11.4 Å². The number of para-hydroxylation sites is 1. The van der Waals surface area contributed by atoms with Crippen LogP contribution in [0.15, 0.2) is 88.8 Å². The van der Waals surface area contributed by atoms with Crippen molar-refractivity contribution in [3.05, 3.63) is 101 Å². The number of benzene rings is 3. The monoisotopic (exact) mass is 418 g/mol.